The SMILES string of the molecule is COc1ccc(-c2[nH]ncc2C(=O)N2CC3CC(C2)c2ccc([N+](=O)[O-])c(=O)n2C3)cc1. The zero-order valence-corrected chi connectivity index (χ0v) is 17.4. The maximum Gasteiger partial charge on any atom is 0.334 e. The number of methoxy groups -OCH3 is 1. The van der Waals surface area contributed by atoms with E-state index >= 15 is 0 Å². The summed E-state index contributed by atoms with van der Waals surface area (Å²) in [6.45, 7) is 1.30. The van der Waals surface area contributed by atoms with Crippen LogP contribution in [0.15, 0.2) is 47.4 Å². The Labute approximate surface area is 182 Å². The number of fused-ring (bicyclic) bond motifs is 4. The lowest BCUT2D eigenvalue weighted by molar-refractivity contribution is -0.386. The second-order valence-corrected chi connectivity index (χ2v) is 8.21. The second-order valence-electron chi connectivity index (χ2n) is 8.21. The molecule has 10 heteroatoms. The number of aromatic nitrogens is 3. The second kappa shape index (κ2) is 7.63. The Morgan fingerprint density at radius 3 is 2.69 bits per heavy atom. The van der Waals surface area contributed by atoms with E-state index in [-0.39, 0.29) is 17.7 Å². The fraction of sp³-hybridized carbons (Fsp3) is 0.318. The number of aromatic amines is 1. The Morgan fingerprint density at radius 1 is 1.19 bits per heavy atom. The number of benzene rings is 1. The number of piperidine rings is 1. The lowest BCUT2D eigenvalue weighted by atomic mass is 9.83. The number of nitrogens with zero attached hydrogens (tertiary/aromatic N) is 4. The topological polar surface area (TPSA) is 123 Å². The highest BCUT2D eigenvalue weighted by Crippen LogP contribution is 2.36. The van der Waals surface area contributed by atoms with Crippen molar-refractivity contribution in [3.63, 3.8) is 0 Å². The first-order valence-electron chi connectivity index (χ1n) is 10.3. The Hall–Kier alpha value is -3.95. The molecule has 1 N–H and O–H groups in total. The predicted octanol–water partition coefficient (Wildman–Crippen LogP) is 2.41. The van der Waals surface area contributed by atoms with Crippen molar-refractivity contribution in [3.05, 3.63) is 74.3 Å². The smallest absolute Gasteiger partial charge is 0.334 e. The number of ether oxygens (including phenoxy) is 1. The van der Waals surface area contributed by atoms with Gasteiger partial charge in [-0.25, -0.2) is 0 Å². The summed E-state index contributed by atoms with van der Waals surface area (Å²) in [5, 5.41) is 18.1. The maximum atomic E-state index is 13.4. The zero-order chi connectivity index (χ0) is 22.4. The quantitative estimate of drug-likeness (QED) is 0.496. The van der Waals surface area contributed by atoms with Gasteiger partial charge in [0.2, 0.25) is 0 Å². The molecular weight excluding hydrogens is 414 g/mol. The third-order valence-corrected chi connectivity index (χ3v) is 6.32. The van der Waals surface area contributed by atoms with Crippen LogP contribution in [0, 0.1) is 16.0 Å². The van der Waals surface area contributed by atoms with Crippen LogP contribution >= 0.6 is 0 Å². The number of rotatable bonds is 4. The molecule has 0 aliphatic carbocycles. The fourth-order valence-corrected chi connectivity index (χ4v) is 4.84. The summed E-state index contributed by atoms with van der Waals surface area (Å²) >= 11 is 0. The molecule has 2 atom stereocenters. The molecule has 2 unspecified atom stereocenters. The molecule has 0 spiro atoms. The Kier molecular flexibility index (Phi) is 4.76. The number of pyridine rings is 1. The molecule has 2 aliphatic rings. The van der Waals surface area contributed by atoms with Crippen LogP contribution in [-0.4, -0.2) is 50.7 Å². The van der Waals surface area contributed by atoms with Gasteiger partial charge in [-0.15, -0.1) is 0 Å². The van der Waals surface area contributed by atoms with Gasteiger partial charge in [-0.05, 0) is 42.7 Å². The summed E-state index contributed by atoms with van der Waals surface area (Å²) in [5.74, 6) is 0.605. The molecule has 1 fully saturated rings. The van der Waals surface area contributed by atoms with Crippen LogP contribution in [0.2, 0.25) is 0 Å². The van der Waals surface area contributed by atoms with Crippen LogP contribution in [0.1, 0.15) is 28.4 Å². The summed E-state index contributed by atoms with van der Waals surface area (Å²) in [6.07, 6.45) is 2.38. The molecule has 3 aromatic rings. The molecule has 4 heterocycles. The average Bonchev–Trinajstić information content (AvgIpc) is 3.29. The molecule has 1 aromatic carbocycles. The van der Waals surface area contributed by atoms with E-state index in [4.69, 9.17) is 4.74 Å². The van der Waals surface area contributed by atoms with Crippen molar-refractivity contribution < 1.29 is 14.5 Å². The van der Waals surface area contributed by atoms with Gasteiger partial charge in [-0.1, -0.05) is 0 Å². The van der Waals surface area contributed by atoms with Crippen molar-refractivity contribution in [2.75, 3.05) is 20.2 Å². The first-order valence-corrected chi connectivity index (χ1v) is 10.3. The van der Waals surface area contributed by atoms with Crippen LogP contribution < -0.4 is 10.3 Å². The molecule has 32 heavy (non-hydrogen) atoms. The van der Waals surface area contributed by atoms with Crippen LogP contribution in [-0.2, 0) is 6.54 Å². The largest absolute Gasteiger partial charge is 0.497 e. The summed E-state index contributed by atoms with van der Waals surface area (Å²) in [5.41, 5.74) is 1.71. The summed E-state index contributed by atoms with van der Waals surface area (Å²) in [7, 11) is 1.60. The van der Waals surface area contributed by atoms with Gasteiger partial charge in [-0.2, -0.15) is 5.10 Å². The third-order valence-electron chi connectivity index (χ3n) is 6.32. The molecule has 2 aromatic heterocycles. The van der Waals surface area contributed by atoms with E-state index < -0.39 is 16.2 Å². The molecular formula is C22H21N5O5. The number of carbonyl (C=O) groups excluding carboxylic acids is 1. The van der Waals surface area contributed by atoms with Gasteiger partial charge >= 0.3 is 11.2 Å². The van der Waals surface area contributed by atoms with Gasteiger partial charge in [0.25, 0.3) is 5.91 Å². The van der Waals surface area contributed by atoms with E-state index in [9.17, 15) is 19.7 Å². The average molecular weight is 435 g/mol. The van der Waals surface area contributed by atoms with Crippen molar-refractivity contribution in [2.45, 2.75) is 18.9 Å². The molecule has 5 rings (SSSR count). The zero-order valence-electron chi connectivity index (χ0n) is 17.4. The highest BCUT2D eigenvalue weighted by molar-refractivity contribution is 5.99. The Bertz CT molecular complexity index is 1260. The molecule has 1 saturated heterocycles. The van der Waals surface area contributed by atoms with Crippen molar-refractivity contribution in [3.8, 4) is 17.0 Å². The first-order chi connectivity index (χ1) is 15.5. The standard InChI is InChI=1S/C22H21N5O5/c1-32-16-4-2-14(3-5-16)20-17(9-23-24-20)21(28)25-10-13-8-15(12-25)18-6-7-19(27(30)31)22(29)26(18)11-13/h2-7,9,13,15H,8,10-12H2,1H3,(H,23,24). The predicted molar refractivity (Wildman–Crippen MR) is 115 cm³/mol. The first kappa shape index (κ1) is 20.0. The molecule has 0 radical (unpaired) electrons. The van der Waals surface area contributed by atoms with Crippen LogP contribution in [0.4, 0.5) is 5.69 Å². The van der Waals surface area contributed by atoms with Crippen LogP contribution in [0.3, 0.4) is 0 Å². The van der Waals surface area contributed by atoms with Crippen molar-refractivity contribution in [2.24, 2.45) is 5.92 Å². The highest BCUT2D eigenvalue weighted by atomic mass is 16.6. The molecule has 2 bridgehead atoms. The Morgan fingerprint density at radius 2 is 1.97 bits per heavy atom. The van der Waals surface area contributed by atoms with Crippen molar-refractivity contribution >= 4 is 11.6 Å². The van der Waals surface area contributed by atoms with E-state index in [1.54, 1.807) is 18.1 Å². The van der Waals surface area contributed by atoms with E-state index in [2.05, 4.69) is 10.2 Å². The van der Waals surface area contributed by atoms with Gasteiger partial charge in [0.15, 0.2) is 0 Å². The van der Waals surface area contributed by atoms with E-state index in [0.717, 1.165) is 23.4 Å². The monoisotopic (exact) mass is 435 g/mol. The number of carbonyl (C=O) groups is 1. The minimum Gasteiger partial charge on any atom is -0.497 e. The minimum atomic E-state index is -0.643. The highest BCUT2D eigenvalue weighted by Gasteiger charge is 2.38. The third kappa shape index (κ3) is 3.24. The number of H-pyrrole nitrogens is 1. The Balaban J connectivity index is 1.43. The molecule has 0 saturated carbocycles. The van der Waals surface area contributed by atoms with E-state index in [1.807, 2.05) is 24.3 Å². The molecule has 1 amide bonds. The lowest BCUT2D eigenvalue weighted by Gasteiger charge is -2.42. The number of hydrogen-bond donors (Lipinski definition) is 1. The van der Waals surface area contributed by atoms with E-state index in [0.29, 0.717) is 30.9 Å². The number of nitro groups is 1. The fourth-order valence-electron chi connectivity index (χ4n) is 4.84. The van der Waals surface area contributed by atoms with Gasteiger partial charge in [0.1, 0.15) is 5.75 Å². The summed E-state index contributed by atoms with van der Waals surface area (Å²) in [6, 6.07) is 10.3. The van der Waals surface area contributed by atoms with Crippen molar-refractivity contribution in [1.82, 2.24) is 19.7 Å². The maximum absolute atomic E-state index is 13.4. The van der Waals surface area contributed by atoms with Crippen molar-refractivity contribution in [1.29, 1.82) is 0 Å². The molecule has 164 valence electrons. The summed E-state index contributed by atoms with van der Waals surface area (Å²) in [4.78, 5) is 38.3. The van der Waals surface area contributed by atoms with Gasteiger partial charge in [0.05, 0.1) is 29.5 Å². The number of amides is 1. The number of nitrogens with one attached hydrogen (secondary N) is 1. The van der Waals surface area contributed by atoms with Crippen LogP contribution in [0.25, 0.3) is 11.3 Å². The number of likely N-dealkylation sites (tertiary alicyclic amines) is 1. The lowest BCUT2D eigenvalue weighted by Crippen LogP contribution is -2.49. The van der Waals surface area contributed by atoms with E-state index in [1.165, 1.54) is 16.8 Å². The summed E-state index contributed by atoms with van der Waals surface area (Å²) < 4.78 is 6.71. The van der Waals surface area contributed by atoms with Crippen LogP contribution in [0.5, 0.6) is 5.75 Å². The number of hydrogen-bond acceptors (Lipinski definition) is 6. The minimum absolute atomic E-state index is 0.0451. The van der Waals surface area contributed by atoms with Gasteiger partial charge in [0, 0.05) is 42.9 Å². The van der Waals surface area contributed by atoms with Gasteiger partial charge < -0.3 is 14.2 Å². The molecule has 10 nitrogen and oxygen atoms in total. The van der Waals surface area contributed by atoms with Gasteiger partial charge in [-0.3, -0.25) is 24.8 Å². The molecule has 2 aliphatic heterocycles. The normalized spacial score (nSPS) is 19.3.